The van der Waals surface area contributed by atoms with E-state index in [1.165, 1.54) is 43.3 Å². The van der Waals surface area contributed by atoms with Crippen LogP contribution >= 0.6 is 0 Å². The Morgan fingerprint density at radius 2 is 1.89 bits per heavy atom. The van der Waals surface area contributed by atoms with E-state index >= 15 is 0 Å². The topological polar surface area (TPSA) is 164 Å². The molecule has 11 nitrogen and oxygen atoms in total. The Morgan fingerprint density at radius 3 is 2.56 bits per heavy atom. The van der Waals surface area contributed by atoms with Crippen LogP contribution in [0.5, 0.6) is 5.88 Å². The van der Waals surface area contributed by atoms with Crippen LogP contribution in [0, 0.1) is 27.2 Å². The molecule has 1 amide bonds. The number of amides is 1. The van der Waals surface area contributed by atoms with Crippen LogP contribution in [0.25, 0.3) is 10.9 Å². The molecule has 0 saturated heterocycles. The van der Waals surface area contributed by atoms with Gasteiger partial charge in [0.05, 0.1) is 20.9 Å². The highest BCUT2D eigenvalue weighted by Gasteiger charge is 2.19. The third kappa shape index (κ3) is 3.20. The first-order valence-corrected chi connectivity index (χ1v) is 7.48. The van der Waals surface area contributed by atoms with Gasteiger partial charge < -0.3 is 10.1 Å². The number of nitro groups is 2. The Hall–Kier alpha value is -4.15. The number of carbonyl (C=O) groups excluding carboxylic acids is 1. The number of rotatable bonds is 4. The maximum absolute atomic E-state index is 12.3. The van der Waals surface area contributed by atoms with Gasteiger partial charge in [-0.15, -0.1) is 10.2 Å². The van der Waals surface area contributed by atoms with Crippen LogP contribution in [0.4, 0.5) is 17.1 Å². The highest BCUT2D eigenvalue weighted by atomic mass is 16.6. The van der Waals surface area contributed by atoms with Gasteiger partial charge in [0.2, 0.25) is 5.88 Å². The van der Waals surface area contributed by atoms with Crippen molar-refractivity contribution in [3.8, 4) is 5.88 Å². The summed E-state index contributed by atoms with van der Waals surface area (Å²) in [5.41, 5.74) is -0.125. The Bertz CT molecular complexity index is 1130. The lowest BCUT2D eigenvalue weighted by Gasteiger charge is -2.01. The normalized spacial score (nSPS) is 11.1. The molecule has 2 N–H and O–H groups in total. The molecule has 0 spiro atoms. The number of nitro benzene ring substituents is 2. The molecule has 27 heavy (non-hydrogen) atoms. The summed E-state index contributed by atoms with van der Waals surface area (Å²) in [5.74, 6) is -1.27. The lowest BCUT2D eigenvalue weighted by molar-refractivity contribution is -0.385. The van der Waals surface area contributed by atoms with Gasteiger partial charge in [-0.3, -0.25) is 25.0 Å². The van der Waals surface area contributed by atoms with E-state index < -0.39 is 21.6 Å². The maximum Gasteiger partial charge on any atom is 0.295 e. The van der Waals surface area contributed by atoms with E-state index in [1.807, 2.05) is 0 Å². The number of benzene rings is 2. The fourth-order valence-corrected chi connectivity index (χ4v) is 2.57. The summed E-state index contributed by atoms with van der Waals surface area (Å²) in [4.78, 5) is 35.5. The number of nitrogens with zero attached hydrogens (tertiary/aromatic N) is 4. The van der Waals surface area contributed by atoms with E-state index in [1.54, 1.807) is 0 Å². The molecule has 0 aliphatic rings. The predicted octanol–water partition coefficient (Wildman–Crippen LogP) is 3.92. The number of aromatic hydroxyl groups is 1. The van der Waals surface area contributed by atoms with Gasteiger partial charge in [0.15, 0.2) is 5.69 Å². The molecule has 0 radical (unpaired) electrons. The molecule has 0 atom stereocenters. The van der Waals surface area contributed by atoms with Crippen LogP contribution in [0.15, 0.2) is 46.6 Å². The van der Waals surface area contributed by atoms with Gasteiger partial charge in [-0.05, 0) is 19.1 Å². The van der Waals surface area contributed by atoms with Crippen LogP contribution in [-0.2, 0) is 0 Å². The largest absolute Gasteiger partial charge is 0.493 e. The van der Waals surface area contributed by atoms with Gasteiger partial charge in [0.1, 0.15) is 0 Å². The van der Waals surface area contributed by atoms with Crippen LogP contribution in [-0.4, -0.2) is 25.8 Å². The average Bonchev–Trinajstić information content (AvgIpc) is 2.93. The van der Waals surface area contributed by atoms with Crippen molar-refractivity contribution in [3.05, 3.63) is 67.8 Å². The number of fused-ring (bicyclic) bond motifs is 1. The molecule has 11 heteroatoms. The van der Waals surface area contributed by atoms with Gasteiger partial charge in [-0.2, -0.15) is 0 Å². The van der Waals surface area contributed by atoms with E-state index in [0.717, 1.165) is 0 Å². The quantitative estimate of drug-likeness (QED) is 0.402. The third-order valence-electron chi connectivity index (χ3n) is 3.92. The summed E-state index contributed by atoms with van der Waals surface area (Å²) in [6, 6.07) is 7.79. The minimum Gasteiger partial charge on any atom is -0.493 e. The standard InChI is InChI=1S/C16H11N5O6/c1-8-10(3-2-4-13(8)21(26)27)15(22)19-18-14-11-7-9(20(24)25)5-6-12(11)17-16(14)23/h2-7,17,23H,1H3. The van der Waals surface area contributed by atoms with E-state index in [-0.39, 0.29) is 33.6 Å². The fraction of sp³-hybridized carbons (Fsp3) is 0.0625. The van der Waals surface area contributed by atoms with Gasteiger partial charge in [-0.1, -0.05) is 6.07 Å². The number of non-ortho nitro benzene ring substituents is 1. The number of aromatic nitrogens is 1. The van der Waals surface area contributed by atoms with Gasteiger partial charge in [0.25, 0.3) is 17.3 Å². The number of azo groups is 1. The molecule has 0 saturated carbocycles. The molecular formula is C16H11N5O6. The first kappa shape index (κ1) is 17.7. The number of hydrogen-bond donors (Lipinski definition) is 2. The van der Waals surface area contributed by atoms with E-state index in [4.69, 9.17) is 0 Å². The van der Waals surface area contributed by atoms with Crippen LogP contribution in [0.3, 0.4) is 0 Å². The second kappa shape index (κ2) is 6.63. The molecule has 0 unspecified atom stereocenters. The number of H-pyrrole nitrogens is 1. The van der Waals surface area contributed by atoms with Crippen molar-refractivity contribution in [1.82, 2.24) is 4.98 Å². The number of aromatic amines is 1. The van der Waals surface area contributed by atoms with Crippen molar-refractivity contribution < 1.29 is 19.7 Å². The first-order valence-electron chi connectivity index (χ1n) is 7.48. The van der Waals surface area contributed by atoms with Gasteiger partial charge in [0, 0.05) is 29.1 Å². The van der Waals surface area contributed by atoms with Crippen molar-refractivity contribution in [1.29, 1.82) is 0 Å². The zero-order valence-electron chi connectivity index (χ0n) is 13.7. The zero-order chi connectivity index (χ0) is 19.7. The fourth-order valence-electron chi connectivity index (χ4n) is 2.57. The van der Waals surface area contributed by atoms with Crippen LogP contribution in [0.2, 0.25) is 0 Å². The Morgan fingerprint density at radius 1 is 1.15 bits per heavy atom. The molecule has 0 bridgehead atoms. The average molecular weight is 369 g/mol. The molecule has 0 aliphatic carbocycles. The molecule has 1 aromatic heterocycles. The summed E-state index contributed by atoms with van der Waals surface area (Å²) in [7, 11) is 0. The summed E-state index contributed by atoms with van der Waals surface area (Å²) in [6.45, 7) is 1.41. The van der Waals surface area contributed by atoms with Crippen LogP contribution < -0.4 is 0 Å². The summed E-state index contributed by atoms with van der Waals surface area (Å²) in [6.07, 6.45) is 0. The summed E-state index contributed by atoms with van der Waals surface area (Å²) < 4.78 is 0. The minimum absolute atomic E-state index is 0.0155. The molecular weight excluding hydrogens is 358 g/mol. The highest BCUT2D eigenvalue weighted by molar-refractivity contribution is 5.98. The van der Waals surface area contributed by atoms with E-state index in [2.05, 4.69) is 15.2 Å². The second-order valence-electron chi connectivity index (χ2n) is 5.52. The van der Waals surface area contributed by atoms with Crippen molar-refractivity contribution in [3.63, 3.8) is 0 Å². The Kier molecular flexibility index (Phi) is 4.34. The Labute approximate surface area is 150 Å². The highest BCUT2D eigenvalue weighted by Crippen LogP contribution is 2.37. The summed E-state index contributed by atoms with van der Waals surface area (Å²) >= 11 is 0. The van der Waals surface area contributed by atoms with Gasteiger partial charge >= 0.3 is 0 Å². The smallest absolute Gasteiger partial charge is 0.295 e. The molecule has 0 aliphatic heterocycles. The monoisotopic (exact) mass is 369 g/mol. The lowest BCUT2D eigenvalue weighted by Crippen LogP contribution is -2.01. The van der Waals surface area contributed by atoms with E-state index in [9.17, 15) is 30.1 Å². The first-order chi connectivity index (χ1) is 12.8. The van der Waals surface area contributed by atoms with Crippen molar-refractivity contribution >= 4 is 33.9 Å². The second-order valence-corrected chi connectivity index (χ2v) is 5.52. The number of carbonyl (C=O) groups is 1. The maximum atomic E-state index is 12.3. The predicted molar refractivity (Wildman–Crippen MR) is 93.3 cm³/mol. The third-order valence-corrected chi connectivity index (χ3v) is 3.92. The molecule has 2 aromatic carbocycles. The SMILES string of the molecule is Cc1c(C(=O)N=Nc2c(O)[nH]c3ccc([N+](=O)[O-])cc23)cccc1[N+](=O)[O-]. The van der Waals surface area contributed by atoms with E-state index in [0.29, 0.717) is 5.52 Å². The van der Waals surface area contributed by atoms with Crippen molar-refractivity contribution in [2.75, 3.05) is 0 Å². The van der Waals surface area contributed by atoms with Crippen LogP contribution in [0.1, 0.15) is 15.9 Å². The van der Waals surface area contributed by atoms with Gasteiger partial charge in [-0.25, -0.2) is 0 Å². The molecule has 3 aromatic rings. The zero-order valence-corrected chi connectivity index (χ0v) is 13.7. The molecule has 136 valence electrons. The number of hydrogen-bond acceptors (Lipinski definition) is 7. The molecule has 3 rings (SSSR count). The minimum atomic E-state index is -0.851. The van der Waals surface area contributed by atoms with Crippen molar-refractivity contribution in [2.45, 2.75) is 6.92 Å². The Balaban J connectivity index is 2.01. The number of nitrogens with one attached hydrogen (secondary N) is 1. The summed E-state index contributed by atoms with van der Waals surface area (Å²) in [5, 5.41) is 39.2. The molecule has 0 fully saturated rings. The van der Waals surface area contributed by atoms with Crippen molar-refractivity contribution in [2.24, 2.45) is 10.2 Å². The lowest BCUT2D eigenvalue weighted by atomic mass is 10.1. The molecule has 1 heterocycles.